The van der Waals surface area contributed by atoms with Crippen molar-refractivity contribution in [3.05, 3.63) is 58.0 Å². The third kappa shape index (κ3) is 6.00. The smallest absolute Gasteiger partial charge is 0.261 e. The minimum absolute atomic E-state index is 0.209. The van der Waals surface area contributed by atoms with Crippen LogP contribution in [-0.2, 0) is 9.59 Å². The van der Waals surface area contributed by atoms with Gasteiger partial charge in [0, 0.05) is 0 Å². The Labute approximate surface area is 148 Å². The van der Waals surface area contributed by atoms with E-state index in [0.717, 1.165) is 5.56 Å². The molecule has 0 bridgehead atoms. The van der Waals surface area contributed by atoms with E-state index in [1.54, 1.807) is 36.6 Å². The van der Waals surface area contributed by atoms with Crippen molar-refractivity contribution >= 4 is 29.1 Å². The zero-order valence-electron chi connectivity index (χ0n) is 13.5. The summed E-state index contributed by atoms with van der Waals surface area (Å²) in [7, 11) is 0. The van der Waals surface area contributed by atoms with Crippen LogP contribution in [0, 0.1) is 5.82 Å². The predicted octanol–water partition coefficient (Wildman–Crippen LogP) is 1.61. The van der Waals surface area contributed by atoms with Crippen LogP contribution in [0.1, 0.15) is 28.2 Å². The van der Waals surface area contributed by atoms with Gasteiger partial charge in [-0.1, -0.05) is 18.2 Å². The summed E-state index contributed by atoms with van der Waals surface area (Å²) in [4.78, 5) is 35.7. The fourth-order valence-corrected chi connectivity index (χ4v) is 2.66. The van der Waals surface area contributed by atoms with Crippen LogP contribution in [0.25, 0.3) is 0 Å². The Hall–Kier alpha value is -2.74. The van der Waals surface area contributed by atoms with Gasteiger partial charge in [0.15, 0.2) is 0 Å². The molecule has 3 amide bonds. The van der Waals surface area contributed by atoms with Crippen LogP contribution in [0.15, 0.2) is 41.8 Å². The van der Waals surface area contributed by atoms with Crippen molar-refractivity contribution in [1.82, 2.24) is 16.0 Å². The van der Waals surface area contributed by atoms with Crippen molar-refractivity contribution in [3.8, 4) is 0 Å². The van der Waals surface area contributed by atoms with Gasteiger partial charge in [0.05, 0.1) is 24.0 Å². The summed E-state index contributed by atoms with van der Waals surface area (Å²) < 4.78 is 12.9. The Morgan fingerprint density at radius 2 is 1.72 bits per heavy atom. The standard InChI is InChI=1S/C17H18FN3O3S/c1-11(12-4-6-13(18)7-5-12)21-16(23)10-19-15(22)9-20-17(24)14-3-2-8-25-14/h2-8,11H,9-10H2,1H3,(H,19,22)(H,20,24)(H,21,23)/t11-/m0/s1. The highest BCUT2D eigenvalue weighted by Gasteiger charge is 2.12. The van der Waals surface area contributed by atoms with Crippen molar-refractivity contribution in [3.63, 3.8) is 0 Å². The zero-order chi connectivity index (χ0) is 18.2. The average Bonchev–Trinajstić information content (AvgIpc) is 3.13. The second-order valence-corrected chi connectivity index (χ2v) is 6.23. The van der Waals surface area contributed by atoms with Crippen LogP contribution < -0.4 is 16.0 Å². The number of thiophene rings is 1. The van der Waals surface area contributed by atoms with E-state index in [0.29, 0.717) is 4.88 Å². The molecule has 0 spiro atoms. The molecule has 0 aliphatic carbocycles. The lowest BCUT2D eigenvalue weighted by Crippen LogP contribution is -2.42. The molecule has 8 heteroatoms. The number of carbonyl (C=O) groups is 3. The molecular weight excluding hydrogens is 345 g/mol. The summed E-state index contributed by atoms with van der Waals surface area (Å²) in [5.74, 6) is -1.53. The number of amides is 3. The van der Waals surface area contributed by atoms with Crippen LogP contribution in [0.4, 0.5) is 4.39 Å². The summed E-state index contributed by atoms with van der Waals surface area (Å²) in [5, 5.41) is 9.36. The SMILES string of the molecule is C[C@H](NC(=O)CNC(=O)CNC(=O)c1cccs1)c1ccc(F)cc1. The van der Waals surface area contributed by atoms with Gasteiger partial charge in [-0.3, -0.25) is 14.4 Å². The quantitative estimate of drug-likeness (QED) is 0.698. The van der Waals surface area contributed by atoms with Crippen LogP contribution in [0.2, 0.25) is 0 Å². The third-order valence-corrected chi connectivity index (χ3v) is 4.22. The van der Waals surface area contributed by atoms with Crippen LogP contribution in [-0.4, -0.2) is 30.8 Å². The molecule has 3 N–H and O–H groups in total. The maximum atomic E-state index is 12.9. The Morgan fingerprint density at radius 3 is 2.36 bits per heavy atom. The summed E-state index contributed by atoms with van der Waals surface area (Å²) in [6.07, 6.45) is 0. The number of halogens is 1. The van der Waals surface area contributed by atoms with Gasteiger partial charge >= 0.3 is 0 Å². The molecule has 132 valence electrons. The first-order valence-electron chi connectivity index (χ1n) is 7.59. The van der Waals surface area contributed by atoms with Crippen LogP contribution >= 0.6 is 11.3 Å². The van der Waals surface area contributed by atoms with Gasteiger partial charge in [0.25, 0.3) is 5.91 Å². The van der Waals surface area contributed by atoms with E-state index in [-0.39, 0.29) is 36.8 Å². The number of hydrogen-bond acceptors (Lipinski definition) is 4. The first-order valence-corrected chi connectivity index (χ1v) is 8.47. The van der Waals surface area contributed by atoms with E-state index in [9.17, 15) is 18.8 Å². The Kier molecular flexibility index (Phi) is 6.64. The first-order chi connectivity index (χ1) is 12.0. The maximum Gasteiger partial charge on any atom is 0.261 e. The number of benzene rings is 1. The fourth-order valence-electron chi connectivity index (χ4n) is 2.02. The Morgan fingerprint density at radius 1 is 1.04 bits per heavy atom. The van der Waals surface area contributed by atoms with Gasteiger partial charge in [-0.05, 0) is 36.1 Å². The van der Waals surface area contributed by atoms with Gasteiger partial charge in [-0.15, -0.1) is 11.3 Å². The zero-order valence-corrected chi connectivity index (χ0v) is 14.4. The monoisotopic (exact) mass is 363 g/mol. The van der Waals surface area contributed by atoms with Gasteiger partial charge in [-0.2, -0.15) is 0 Å². The van der Waals surface area contributed by atoms with Gasteiger partial charge in [0.1, 0.15) is 5.82 Å². The van der Waals surface area contributed by atoms with Crippen molar-refractivity contribution < 1.29 is 18.8 Å². The Balaban J connectivity index is 1.69. The second-order valence-electron chi connectivity index (χ2n) is 5.28. The van der Waals surface area contributed by atoms with E-state index in [4.69, 9.17) is 0 Å². The van der Waals surface area contributed by atoms with Gasteiger partial charge in [0.2, 0.25) is 11.8 Å². The van der Waals surface area contributed by atoms with Crippen molar-refractivity contribution in [2.45, 2.75) is 13.0 Å². The minimum Gasteiger partial charge on any atom is -0.348 e. The van der Waals surface area contributed by atoms with Crippen LogP contribution in [0.5, 0.6) is 0 Å². The lowest BCUT2D eigenvalue weighted by atomic mass is 10.1. The molecule has 0 fully saturated rings. The summed E-state index contributed by atoms with van der Waals surface area (Å²) >= 11 is 1.28. The van der Waals surface area contributed by atoms with E-state index >= 15 is 0 Å². The molecule has 0 aliphatic rings. The average molecular weight is 363 g/mol. The lowest BCUT2D eigenvalue weighted by molar-refractivity contribution is -0.125. The molecule has 6 nitrogen and oxygen atoms in total. The van der Waals surface area contributed by atoms with E-state index in [1.807, 2.05) is 0 Å². The molecule has 2 rings (SSSR count). The number of nitrogens with one attached hydrogen (secondary N) is 3. The topological polar surface area (TPSA) is 87.3 Å². The highest BCUT2D eigenvalue weighted by atomic mass is 32.1. The van der Waals surface area contributed by atoms with Gasteiger partial charge < -0.3 is 16.0 Å². The maximum absolute atomic E-state index is 12.9. The van der Waals surface area contributed by atoms with E-state index < -0.39 is 5.91 Å². The minimum atomic E-state index is -0.463. The fraction of sp³-hybridized carbons (Fsp3) is 0.235. The van der Waals surface area contributed by atoms with Crippen molar-refractivity contribution in [2.24, 2.45) is 0 Å². The number of rotatable bonds is 7. The molecule has 1 aromatic carbocycles. The molecular formula is C17H18FN3O3S. The summed E-state index contributed by atoms with van der Waals surface area (Å²) in [6, 6.07) is 8.88. The lowest BCUT2D eigenvalue weighted by Gasteiger charge is -2.14. The molecule has 1 atom stereocenters. The Bertz CT molecular complexity index is 732. The normalized spacial score (nSPS) is 11.4. The third-order valence-electron chi connectivity index (χ3n) is 3.35. The highest BCUT2D eigenvalue weighted by molar-refractivity contribution is 7.12. The molecule has 0 radical (unpaired) electrons. The summed E-state index contributed by atoms with van der Waals surface area (Å²) in [5.41, 5.74) is 0.754. The number of carbonyl (C=O) groups excluding carboxylic acids is 3. The summed E-state index contributed by atoms with van der Waals surface area (Å²) in [6.45, 7) is 1.34. The van der Waals surface area contributed by atoms with Gasteiger partial charge in [-0.25, -0.2) is 4.39 Å². The molecule has 25 heavy (non-hydrogen) atoms. The first kappa shape index (κ1) is 18.6. The van der Waals surface area contributed by atoms with E-state index in [1.165, 1.54) is 23.5 Å². The van der Waals surface area contributed by atoms with Crippen LogP contribution in [0.3, 0.4) is 0 Å². The molecule has 1 heterocycles. The van der Waals surface area contributed by atoms with E-state index in [2.05, 4.69) is 16.0 Å². The largest absolute Gasteiger partial charge is 0.348 e. The molecule has 0 saturated heterocycles. The van der Waals surface area contributed by atoms with Crippen molar-refractivity contribution in [1.29, 1.82) is 0 Å². The molecule has 2 aromatic rings. The molecule has 1 aromatic heterocycles. The molecule has 0 unspecified atom stereocenters. The molecule has 0 saturated carbocycles. The molecule has 0 aliphatic heterocycles. The number of hydrogen-bond donors (Lipinski definition) is 3. The highest BCUT2D eigenvalue weighted by Crippen LogP contribution is 2.12. The second kappa shape index (κ2) is 8.93. The van der Waals surface area contributed by atoms with Crippen molar-refractivity contribution in [2.75, 3.05) is 13.1 Å². The predicted molar refractivity (Wildman–Crippen MR) is 92.6 cm³/mol.